The first kappa shape index (κ1) is 18.7. The van der Waals surface area contributed by atoms with Crippen molar-refractivity contribution in [2.75, 3.05) is 0 Å². The number of imide groups is 1. The number of nitrogens with zero attached hydrogens (tertiary/aromatic N) is 2. The molecule has 148 valence electrons. The lowest BCUT2D eigenvalue weighted by atomic mass is 10.0. The van der Waals surface area contributed by atoms with Crippen molar-refractivity contribution in [3.63, 3.8) is 0 Å². The van der Waals surface area contributed by atoms with E-state index in [0.29, 0.717) is 4.91 Å². The van der Waals surface area contributed by atoms with Gasteiger partial charge in [-0.2, -0.15) is 0 Å². The highest BCUT2D eigenvalue weighted by atomic mass is 32.2. The molecule has 1 fully saturated rings. The molecule has 0 spiro atoms. The van der Waals surface area contributed by atoms with Crippen molar-refractivity contribution in [3.05, 3.63) is 89.0 Å². The van der Waals surface area contributed by atoms with Gasteiger partial charge in [0.2, 0.25) is 0 Å². The standard InChI is InChI=1S/C25H20N2O2S/c1-2-26-15-19(21-12-5-6-13-22(21)26)14-23-24(28)27(25(29)30-23)16-18-10-7-9-17-8-3-4-11-20(17)18/h3-15H,2,16H2,1H3/b23-14-. The molecule has 30 heavy (non-hydrogen) atoms. The second-order valence-electron chi connectivity index (χ2n) is 7.29. The average Bonchev–Trinajstić information content (AvgIpc) is 3.26. The normalized spacial score (nSPS) is 15.8. The van der Waals surface area contributed by atoms with Gasteiger partial charge in [-0.1, -0.05) is 60.7 Å². The first-order valence-corrected chi connectivity index (χ1v) is 10.8. The van der Waals surface area contributed by atoms with E-state index in [1.165, 1.54) is 4.90 Å². The molecule has 3 aromatic carbocycles. The second kappa shape index (κ2) is 7.50. The minimum Gasteiger partial charge on any atom is -0.347 e. The van der Waals surface area contributed by atoms with Crippen LogP contribution in [0.15, 0.2) is 77.8 Å². The highest BCUT2D eigenvalue weighted by Gasteiger charge is 2.35. The monoisotopic (exact) mass is 412 g/mol. The molecule has 1 aromatic heterocycles. The van der Waals surface area contributed by atoms with E-state index in [0.717, 1.165) is 51.1 Å². The second-order valence-corrected chi connectivity index (χ2v) is 8.29. The van der Waals surface area contributed by atoms with Crippen LogP contribution in [0.25, 0.3) is 27.8 Å². The number of hydrogen-bond donors (Lipinski definition) is 0. The van der Waals surface area contributed by atoms with E-state index < -0.39 is 0 Å². The van der Waals surface area contributed by atoms with Crippen LogP contribution in [0.3, 0.4) is 0 Å². The van der Waals surface area contributed by atoms with Crippen LogP contribution in [-0.4, -0.2) is 20.6 Å². The Bertz CT molecular complexity index is 1330. The molecule has 0 aliphatic carbocycles. The number of aryl methyl sites for hydroxylation is 1. The SMILES string of the molecule is CCn1cc(/C=C2\SC(=O)N(Cc3cccc4ccccc34)C2=O)c2ccccc21. The van der Waals surface area contributed by atoms with Gasteiger partial charge in [-0.25, -0.2) is 0 Å². The molecule has 1 saturated heterocycles. The van der Waals surface area contributed by atoms with E-state index in [-0.39, 0.29) is 17.7 Å². The first-order valence-electron chi connectivity index (χ1n) is 9.95. The quantitative estimate of drug-likeness (QED) is 0.383. The number of fused-ring (bicyclic) bond motifs is 2. The Balaban J connectivity index is 1.49. The predicted molar refractivity (Wildman–Crippen MR) is 123 cm³/mol. The van der Waals surface area contributed by atoms with E-state index in [2.05, 4.69) is 17.6 Å². The Kier molecular flexibility index (Phi) is 4.68. The third-order valence-electron chi connectivity index (χ3n) is 5.53. The van der Waals surface area contributed by atoms with Crippen molar-refractivity contribution in [1.82, 2.24) is 9.47 Å². The zero-order valence-corrected chi connectivity index (χ0v) is 17.4. The molecule has 1 aliphatic heterocycles. The lowest BCUT2D eigenvalue weighted by molar-refractivity contribution is -0.123. The Morgan fingerprint density at radius 2 is 1.63 bits per heavy atom. The van der Waals surface area contributed by atoms with Crippen molar-refractivity contribution >= 4 is 50.7 Å². The number of carbonyl (C=O) groups is 2. The lowest BCUT2D eigenvalue weighted by Crippen LogP contribution is -2.27. The van der Waals surface area contributed by atoms with Crippen LogP contribution in [-0.2, 0) is 17.9 Å². The first-order chi connectivity index (χ1) is 14.7. The van der Waals surface area contributed by atoms with Crippen LogP contribution in [0.1, 0.15) is 18.1 Å². The predicted octanol–water partition coefficient (Wildman–Crippen LogP) is 6.05. The summed E-state index contributed by atoms with van der Waals surface area (Å²) in [7, 11) is 0. The largest absolute Gasteiger partial charge is 0.347 e. The molecule has 1 aliphatic rings. The van der Waals surface area contributed by atoms with Gasteiger partial charge in [-0.05, 0) is 47.2 Å². The van der Waals surface area contributed by atoms with Gasteiger partial charge in [0.15, 0.2) is 0 Å². The van der Waals surface area contributed by atoms with Crippen molar-refractivity contribution in [2.45, 2.75) is 20.0 Å². The minimum atomic E-state index is -0.230. The summed E-state index contributed by atoms with van der Waals surface area (Å²) in [6, 6.07) is 22.1. The molecule has 4 nitrogen and oxygen atoms in total. The molecule has 0 radical (unpaired) electrons. The fourth-order valence-corrected chi connectivity index (χ4v) is 4.86. The molecular weight excluding hydrogens is 392 g/mol. The maximum atomic E-state index is 13.1. The van der Waals surface area contributed by atoms with Gasteiger partial charge in [-0.15, -0.1) is 0 Å². The highest BCUT2D eigenvalue weighted by Crippen LogP contribution is 2.35. The molecule has 4 aromatic rings. The Hall–Kier alpha value is -3.31. The van der Waals surface area contributed by atoms with Crippen LogP contribution in [0.2, 0.25) is 0 Å². The van der Waals surface area contributed by atoms with Crippen molar-refractivity contribution in [3.8, 4) is 0 Å². The number of para-hydroxylation sites is 1. The average molecular weight is 413 g/mol. The Morgan fingerprint density at radius 3 is 2.47 bits per heavy atom. The number of thioether (sulfide) groups is 1. The Morgan fingerprint density at radius 1 is 0.900 bits per heavy atom. The maximum absolute atomic E-state index is 13.1. The van der Waals surface area contributed by atoms with Gasteiger partial charge in [0, 0.05) is 29.2 Å². The van der Waals surface area contributed by atoms with Crippen molar-refractivity contribution in [2.24, 2.45) is 0 Å². The third kappa shape index (κ3) is 3.12. The number of rotatable bonds is 4. The maximum Gasteiger partial charge on any atom is 0.293 e. The molecule has 0 N–H and O–H groups in total. The zero-order chi connectivity index (χ0) is 20.7. The molecule has 2 heterocycles. The number of amides is 2. The molecule has 5 heteroatoms. The van der Waals surface area contributed by atoms with Gasteiger partial charge in [0.05, 0.1) is 11.4 Å². The summed E-state index contributed by atoms with van der Waals surface area (Å²) in [4.78, 5) is 27.6. The molecule has 0 bridgehead atoms. The fraction of sp³-hybridized carbons (Fsp3) is 0.120. The molecule has 0 unspecified atom stereocenters. The minimum absolute atomic E-state index is 0.224. The van der Waals surface area contributed by atoms with Crippen LogP contribution >= 0.6 is 11.8 Å². The fourth-order valence-electron chi connectivity index (χ4n) is 4.03. The summed E-state index contributed by atoms with van der Waals surface area (Å²) in [6.07, 6.45) is 3.89. The highest BCUT2D eigenvalue weighted by molar-refractivity contribution is 8.18. The molecule has 2 amide bonds. The topological polar surface area (TPSA) is 42.3 Å². The summed E-state index contributed by atoms with van der Waals surface area (Å²) in [5, 5.41) is 3.03. The van der Waals surface area contributed by atoms with Gasteiger partial charge in [-0.3, -0.25) is 14.5 Å². The van der Waals surface area contributed by atoms with Crippen LogP contribution in [0.5, 0.6) is 0 Å². The smallest absolute Gasteiger partial charge is 0.293 e. The molecule has 0 saturated carbocycles. The van der Waals surface area contributed by atoms with Crippen LogP contribution in [0, 0.1) is 0 Å². The van der Waals surface area contributed by atoms with Gasteiger partial charge in [0.1, 0.15) is 0 Å². The van der Waals surface area contributed by atoms with Gasteiger partial charge >= 0.3 is 0 Å². The molecule has 5 rings (SSSR count). The van der Waals surface area contributed by atoms with Gasteiger partial charge in [0.25, 0.3) is 11.1 Å². The summed E-state index contributed by atoms with van der Waals surface area (Å²) in [6.45, 7) is 3.21. The van der Waals surface area contributed by atoms with E-state index in [9.17, 15) is 9.59 Å². The van der Waals surface area contributed by atoms with Crippen LogP contribution in [0.4, 0.5) is 4.79 Å². The van der Waals surface area contributed by atoms with Gasteiger partial charge < -0.3 is 4.57 Å². The number of aromatic nitrogens is 1. The number of benzene rings is 3. The van der Waals surface area contributed by atoms with E-state index in [1.807, 2.05) is 72.9 Å². The lowest BCUT2D eigenvalue weighted by Gasteiger charge is -2.14. The molecule has 0 atom stereocenters. The summed E-state index contributed by atoms with van der Waals surface area (Å²) in [5.41, 5.74) is 3.06. The molecular formula is C25H20N2O2S. The summed E-state index contributed by atoms with van der Waals surface area (Å²) in [5.74, 6) is -0.230. The van der Waals surface area contributed by atoms with Crippen molar-refractivity contribution < 1.29 is 9.59 Å². The van der Waals surface area contributed by atoms with Crippen molar-refractivity contribution in [1.29, 1.82) is 0 Å². The van der Waals surface area contributed by atoms with E-state index in [4.69, 9.17) is 0 Å². The summed E-state index contributed by atoms with van der Waals surface area (Å²) < 4.78 is 2.15. The van der Waals surface area contributed by atoms with E-state index >= 15 is 0 Å². The number of hydrogen-bond acceptors (Lipinski definition) is 3. The zero-order valence-electron chi connectivity index (χ0n) is 16.5. The Labute approximate surface area is 178 Å². The third-order valence-corrected chi connectivity index (χ3v) is 6.44. The number of carbonyl (C=O) groups excluding carboxylic acids is 2. The van der Waals surface area contributed by atoms with Crippen LogP contribution < -0.4 is 0 Å². The summed E-state index contributed by atoms with van der Waals surface area (Å²) >= 11 is 1.02. The van der Waals surface area contributed by atoms with E-state index in [1.54, 1.807) is 0 Å².